The average molecular weight is 425 g/mol. The van der Waals surface area contributed by atoms with Gasteiger partial charge in [0.1, 0.15) is 17.0 Å². The highest BCUT2D eigenvalue weighted by Crippen LogP contribution is 2.37. The van der Waals surface area contributed by atoms with E-state index in [-0.39, 0.29) is 28.8 Å². The summed E-state index contributed by atoms with van der Waals surface area (Å²) in [5, 5.41) is 31.3. The molecule has 0 amide bonds. The molecule has 30 heavy (non-hydrogen) atoms. The summed E-state index contributed by atoms with van der Waals surface area (Å²) in [6.07, 6.45) is -3.26. The lowest BCUT2D eigenvalue weighted by molar-refractivity contribution is -0.137. The zero-order valence-corrected chi connectivity index (χ0v) is 15.9. The second-order valence-corrected chi connectivity index (χ2v) is 7.44. The number of phenolic OH excluding ortho intramolecular Hbond substituents is 1. The molecule has 11 heteroatoms. The van der Waals surface area contributed by atoms with Gasteiger partial charge in [-0.2, -0.15) is 13.2 Å². The van der Waals surface area contributed by atoms with E-state index in [9.17, 15) is 27.8 Å². The number of fused-ring (bicyclic) bond motifs is 1. The van der Waals surface area contributed by atoms with E-state index in [0.717, 1.165) is 12.1 Å². The monoisotopic (exact) mass is 425 g/mol. The van der Waals surface area contributed by atoms with Crippen LogP contribution in [0.15, 0.2) is 30.5 Å². The third kappa shape index (κ3) is 3.77. The van der Waals surface area contributed by atoms with E-state index in [1.165, 1.54) is 16.7 Å². The SMILES string of the molecule is CN1C[C@H](O)C[C@@H](Nc2nnc(-c3ccc(C(F)(F)F)cc3O)c3c(F)ccn23)C1. The summed E-state index contributed by atoms with van der Waals surface area (Å²) in [7, 11) is 1.87. The van der Waals surface area contributed by atoms with Crippen molar-refractivity contribution in [2.24, 2.45) is 0 Å². The summed E-state index contributed by atoms with van der Waals surface area (Å²) in [6.45, 7) is 1.18. The van der Waals surface area contributed by atoms with E-state index in [0.29, 0.717) is 25.6 Å². The van der Waals surface area contributed by atoms with Crippen molar-refractivity contribution in [1.82, 2.24) is 19.5 Å². The van der Waals surface area contributed by atoms with Gasteiger partial charge in [-0.05, 0) is 37.7 Å². The van der Waals surface area contributed by atoms with Crippen LogP contribution in [-0.4, -0.2) is 62.0 Å². The van der Waals surface area contributed by atoms with Crippen molar-refractivity contribution in [3.05, 3.63) is 41.8 Å². The Balaban J connectivity index is 1.74. The minimum atomic E-state index is -4.62. The average Bonchev–Trinajstić information content (AvgIpc) is 3.03. The highest BCUT2D eigenvalue weighted by molar-refractivity contribution is 5.81. The number of aliphatic hydroxyl groups is 1. The predicted molar refractivity (Wildman–Crippen MR) is 101 cm³/mol. The Bertz CT molecular complexity index is 1070. The van der Waals surface area contributed by atoms with Crippen LogP contribution in [-0.2, 0) is 6.18 Å². The number of hydrogen-bond donors (Lipinski definition) is 3. The lowest BCUT2D eigenvalue weighted by Gasteiger charge is -2.33. The van der Waals surface area contributed by atoms with Gasteiger partial charge in [0.05, 0.1) is 11.7 Å². The second kappa shape index (κ2) is 7.40. The number of hydrogen-bond acceptors (Lipinski definition) is 6. The number of halogens is 4. The normalized spacial score (nSPS) is 20.6. The molecule has 0 saturated carbocycles. The molecule has 1 saturated heterocycles. The largest absolute Gasteiger partial charge is 0.507 e. The van der Waals surface area contributed by atoms with E-state index in [1.54, 1.807) is 0 Å². The summed E-state index contributed by atoms with van der Waals surface area (Å²) in [4.78, 5) is 1.95. The van der Waals surface area contributed by atoms with Crippen LogP contribution in [0, 0.1) is 5.82 Å². The third-order valence-electron chi connectivity index (χ3n) is 5.06. The molecule has 1 fully saturated rings. The number of piperidine rings is 1. The highest BCUT2D eigenvalue weighted by atomic mass is 19.4. The predicted octanol–water partition coefficient (Wildman–Crippen LogP) is 2.74. The van der Waals surface area contributed by atoms with Crippen molar-refractivity contribution < 1.29 is 27.8 Å². The molecule has 3 N–H and O–H groups in total. The molecule has 1 aromatic carbocycles. The van der Waals surface area contributed by atoms with Gasteiger partial charge in [-0.3, -0.25) is 4.40 Å². The van der Waals surface area contributed by atoms with Crippen molar-refractivity contribution in [2.75, 3.05) is 25.5 Å². The van der Waals surface area contributed by atoms with Gasteiger partial charge in [-0.1, -0.05) is 0 Å². The number of rotatable bonds is 3. The molecular formula is C19H19F4N5O2. The van der Waals surface area contributed by atoms with Crippen molar-refractivity contribution in [3.63, 3.8) is 0 Å². The number of alkyl halides is 3. The summed E-state index contributed by atoms with van der Waals surface area (Å²) in [5.74, 6) is -1.13. The third-order valence-corrected chi connectivity index (χ3v) is 5.06. The standard InChI is InChI=1S/C19H19F4N5O2/c1-27-8-11(7-12(29)9-27)24-18-26-25-16(17-14(20)4-5-28(17)18)13-3-2-10(6-15(13)30)19(21,22)23/h2-6,11-12,29-30H,7-9H2,1H3,(H,24,26)/t11-,12-/m1/s1. The zero-order valence-electron chi connectivity index (χ0n) is 15.9. The van der Waals surface area contributed by atoms with Crippen molar-refractivity contribution >= 4 is 11.5 Å². The van der Waals surface area contributed by atoms with Gasteiger partial charge in [0, 0.05) is 30.9 Å². The lowest BCUT2D eigenvalue weighted by Crippen LogP contribution is -2.47. The van der Waals surface area contributed by atoms with E-state index in [4.69, 9.17) is 0 Å². The second-order valence-electron chi connectivity index (χ2n) is 7.44. The number of aromatic hydroxyl groups is 1. The minimum absolute atomic E-state index is 0.0349. The number of benzene rings is 1. The van der Waals surface area contributed by atoms with Gasteiger partial charge < -0.3 is 20.4 Å². The molecule has 160 valence electrons. The molecule has 7 nitrogen and oxygen atoms in total. The first kappa shape index (κ1) is 20.4. The number of aromatic nitrogens is 3. The lowest BCUT2D eigenvalue weighted by atomic mass is 10.0. The van der Waals surface area contributed by atoms with Crippen molar-refractivity contribution in [1.29, 1.82) is 0 Å². The molecular weight excluding hydrogens is 406 g/mol. The number of aliphatic hydroxyl groups excluding tert-OH is 1. The van der Waals surface area contributed by atoms with Gasteiger partial charge >= 0.3 is 6.18 Å². The van der Waals surface area contributed by atoms with Crippen molar-refractivity contribution in [2.45, 2.75) is 24.7 Å². The Morgan fingerprint density at radius 2 is 1.93 bits per heavy atom. The number of β-amino-alcohol motifs (C(OH)–C–C–N with tert-alkyl or cyclic N) is 1. The fourth-order valence-electron chi connectivity index (χ4n) is 3.77. The van der Waals surface area contributed by atoms with Crippen LogP contribution in [0.5, 0.6) is 5.75 Å². The first-order chi connectivity index (χ1) is 14.1. The Labute approximate surface area is 168 Å². The van der Waals surface area contributed by atoms with Crippen molar-refractivity contribution in [3.8, 4) is 17.0 Å². The molecule has 2 atom stereocenters. The van der Waals surface area contributed by atoms with Crippen LogP contribution in [0.4, 0.5) is 23.5 Å². The number of likely N-dealkylation sites (N-methyl/N-ethyl adjacent to an activating group) is 1. The van der Waals surface area contributed by atoms with Gasteiger partial charge in [0.2, 0.25) is 5.95 Å². The molecule has 0 aliphatic carbocycles. The zero-order chi connectivity index (χ0) is 21.6. The smallest absolute Gasteiger partial charge is 0.416 e. The van der Waals surface area contributed by atoms with Gasteiger partial charge in [-0.25, -0.2) is 4.39 Å². The van der Waals surface area contributed by atoms with Crippen LogP contribution in [0.2, 0.25) is 0 Å². The van der Waals surface area contributed by atoms with Crippen LogP contribution in [0.25, 0.3) is 16.8 Å². The Morgan fingerprint density at radius 3 is 2.60 bits per heavy atom. The first-order valence-corrected chi connectivity index (χ1v) is 9.20. The molecule has 1 aliphatic rings. The van der Waals surface area contributed by atoms with Crippen LogP contribution >= 0.6 is 0 Å². The molecule has 0 unspecified atom stereocenters. The fourth-order valence-corrected chi connectivity index (χ4v) is 3.77. The highest BCUT2D eigenvalue weighted by Gasteiger charge is 2.32. The molecule has 1 aliphatic heterocycles. The topological polar surface area (TPSA) is 85.9 Å². The Morgan fingerprint density at radius 1 is 1.17 bits per heavy atom. The Kier molecular flexibility index (Phi) is 5.02. The van der Waals surface area contributed by atoms with Crippen LogP contribution in [0.1, 0.15) is 12.0 Å². The summed E-state index contributed by atoms with van der Waals surface area (Å²) < 4.78 is 54.5. The fraction of sp³-hybridized carbons (Fsp3) is 0.368. The van der Waals surface area contributed by atoms with E-state index >= 15 is 0 Å². The van der Waals surface area contributed by atoms with E-state index in [2.05, 4.69) is 15.5 Å². The first-order valence-electron chi connectivity index (χ1n) is 9.20. The minimum Gasteiger partial charge on any atom is -0.507 e. The van der Waals surface area contributed by atoms with Gasteiger partial charge in [0.15, 0.2) is 5.82 Å². The molecule has 3 aromatic rings. The molecule has 0 radical (unpaired) electrons. The molecule has 4 rings (SSSR count). The van der Waals surface area contributed by atoms with E-state index in [1.807, 2.05) is 11.9 Å². The number of nitrogens with zero attached hydrogens (tertiary/aromatic N) is 4. The quantitative estimate of drug-likeness (QED) is 0.560. The Hall–Kier alpha value is -2.92. The number of likely N-dealkylation sites (tertiary alicyclic amines) is 1. The van der Waals surface area contributed by atoms with Gasteiger partial charge in [-0.15, -0.1) is 10.2 Å². The number of phenols is 1. The maximum atomic E-state index is 14.5. The number of nitrogens with one attached hydrogen (secondary N) is 1. The maximum absolute atomic E-state index is 14.5. The van der Waals surface area contributed by atoms with E-state index < -0.39 is 29.4 Å². The molecule has 0 spiro atoms. The maximum Gasteiger partial charge on any atom is 0.416 e. The molecule has 0 bridgehead atoms. The summed E-state index contributed by atoms with van der Waals surface area (Å²) >= 11 is 0. The summed E-state index contributed by atoms with van der Waals surface area (Å²) in [5.41, 5.74) is -1.22. The van der Waals surface area contributed by atoms with Gasteiger partial charge in [0.25, 0.3) is 0 Å². The number of anilines is 1. The van der Waals surface area contributed by atoms with Crippen LogP contribution < -0.4 is 5.32 Å². The molecule has 2 aromatic heterocycles. The molecule has 3 heterocycles. The van der Waals surface area contributed by atoms with Crippen LogP contribution in [0.3, 0.4) is 0 Å². The summed E-state index contributed by atoms with van der Waals surface area (Å²) in [6, 6.07) is 3.41.